The maximum absolute atomic E-state index is 12.9. The normalized spacial score (nSPS) is 16.3. The van der Waals surface area contributed by atoms with Crippen molar-refractivity contribution in [1.82, 2.24) is 20.9 Å². The number of urea groups is 1. The Hall–Kier alpha value is -4.49. The van der Waals surface area contributed by atoms with Crippen molar-refractivity contribution in [3.05, 3.63) is 29.8 Å². The quantitative estimate of drug-likeness (QED) is 0.0718. The molecule has 6 N–H and O–H groups in total. The lowest BCUT2D eigenvalue weighted by atomic mass is 9.67. The maximum Gasteiger partial charge on any atom is 0.312 e. The van der Waals surface area contributed by atoms with Gasteiger partial charge in [0.25, 0.3) is 0 Å². The number of ether oxygens (including phenoxy) is 1. The summed E-state index contributed by atoms with van der Waals surface area (Å²) < 4.78 is 5.08. The molecule has 1 heterocycles. The van der Waals surface area contributed by atoms with Crippen molar-refractivity contribution in [2.45, 2.75) is 92.1 Å². The Kier molecular flexibility index (Phi) is 16.5. The van der Waals surface area contributed by atoms with Gasteiger partial charge in [0.2, 0.25) is 29.5 Å². The first kappa shape index (κ1) is 39.7. The van der Waals surface area contributed by atoms with Gasteiger partial charge in [0.05, 0.1) is 6.54 Å². The smallest absolute Gasteiger partial charge is 0.312 e. The molecule has 1 unspecified atom stereocenters. The number of likely N-dealkylation sites (tertiary alicyclic amines) is 1. The molecule has 0 bridgehead atoms. The van der Waals surface area contributed by atoms with Gasteiger partial charge in [-0.2, -0.15) is 0 Å². The van der Waals surface area contributed by atoms with E-state index in [4.69, 9.17) is 10.5 Å². The number of nitrogens with two attached hydrogens (primary N) is 1. The molecule has 266 valence electrons. The molecule has 2 fully saturated rings. The van der Waals surface area contributed by atoms with Crippen LogP contribution < -0.4 is 27.0 Å². The number of carbonyl (C=O) groups excluding carboxylic acids is 7. The molecule has 0 spiro atoms. The lowest BCUT2D eigenvalue weighted by molar-refractivity contribution is -0.150. The van der Waals surface area contributed by atoms with E-state index in [-0.39, 0.29) is 55.1 Å². The number of benzene rings is 1. The van der Waals surface area contributed by atoms with Crippen LogP contribution >= 0.6 is 0 Å². The number of nitrogens with one attached hydrogen (secondary N) is 4. The summed E-state index contributed by atoms with van der Waals surface area (Å²) in [6.07, 6.45) is 5.17. The summed E-state index contributed by atoms with van der Waals surface area (Å²) in [5, 5.41) is 10.6. The SMILES string of the molecule is CCC(=O)OCc1ccc(NC(=O)CNC(=O)C2(C(=O)NCCCCCN3C(=O)CC(C(C)C)C3=O)CCC2)cc1.CCCNC(N)=O. The number of unbranched alkanes of at least 4 members (excludes halogenated alkanes) is 2. The van der Waals surface area contributed by atoms with Gasteiger partial charge in [-0.1, -0.05) is 46.2 Å². The van der Waals surface area contributed by atoms with E-state index in [2.05, 4.69) is 21.3 Å². The molecule has 0 radical (unpaired) electrons. The molecule has 7 amide bonds. The third-order valence-corrected chi connectivity index (χ3v) is 8.39. The summed E-state index contributed by atoms with van der Waals surface area (Å²) in [5.41, 5.74) is 4.88. The highest BCUT2D eigenvalue weighted by molar-refractivity contribution is 6.07. The van der Waals surface area contributed by atoms with Gasteiger partial charge in [-0.05, 0) is 62.1 Å². The Morgan fingerprint density at radius 3 is 2.12 bits per heavy atom. The van der Waals surface area contributed by atoms with E-state index in [1.807, 2.05) is 20.8 Å². The molecule has 1 aromatic rings. The van der Waals surface area contributed by atoms with Gasteiger partial charge in [0.15, 0.2) is 0 Å². The van der Waals surface area contributed by atoms with Crippen LogP contribution in [-0.4, -0.2) is 72.6 Å². The predicted molar refractivity (Wildman–Crippen MR) is 179 cm³/mol. The maximum atomic E-state index is 12.9. The predicted octanol–water partition coefficient (Wildman–Crippen LogP) is 2.75. The van der Waals surface area contributed by atoms with Gasteiger partial charge in [0.1, 0.15) is 12.0 Å². The van der Waals surface area contributed by atoms with Crippen molar-refractivity contribution < 1.29 is 38.3 Å². The van der Waals surface area contributed by atoms with Crippen LogP contribution in [0.15, 0.2) is 24.3 Å². The Morgan fingerprint density at radius 2 is 1.60 bits per heavy atom. The molecule has 1 aliphatic carbocycles. The summed E-state index contributed by atoms with van der Waals surface area (Å²) in [6.45, 7) is 8.92. The van der Waals surface area contributed by atoms with Crippen LogP contribution in [0.3, 0.4) is 0 Å². The zero-order valence-electron chi connectivity index (χ0n) is 28.7. The third-order valence-electron chi connectivity index (χ3n) is 8.39. The minimum Gasteiger partial charge on any atom is -0.461 e. The monoisotopic (exact) mass is 672 g/mol. The van der Waals surface area contributed by atoms with E-state index in [9.17, 15) is 33.6 Å². The summed E-state index contributed by atoms with van der Waals surface area (Å²) in [4.78, 5) is 85.2. The minimum atomic E-state index is -1.17. The molecule has 48 heavy (non-hydrogen) atoms. The molecule has 1 saturated carbocycles. The van der Waals surface area contributed by atoms with Crippen LogP contribution in [-0.2, 0) is 40.1 Å². The average Bonchev–Trinajstić information content (AvgIpc) is 3.32. The second-order valence-corrected chi connectivity index (χ2v) is 12.4. The highest BCUT2D eigenvalue weighted by Crippen LogP contribution is 2.41. The Bertz CT molecular complexity index is 1280. The van der Waals surface area contributed by atoms with Crippen molar-refractivity contribution in [1.29, 1.82) is 0 Å². The van der Waals surface area contributed by atoms with E-state index in [0.29, 0.717) is 57.4 Å². The molecule has 14 nitrogen and oxygen atoms in total. The van der Waals surface area contributed by atoms with Crippen molar-refractivity contribution in [3.63, 3.8) is 0 Å². The molecule has 2 aliphatic rings. The Balaban J connectivity index is 0.00000103. The fraction of sp³-hybridized carbons (Fsp3) is 0.618. The molecule has 1 saturated heterocycles. The van der Waals surface area contributed by atoms with Crippen LogP contribution in [0.5, 0.6) is 0 Å². The number of rotatable bonds is 17. The van der Waals surface area contributed by atoms with Gasteiger partial charge in [0, 0.05) is 44.1 Å². The molecule has 1 aromatic carbocycles. The summed E-state index contributed by atoms with van der Waals surface area (Å²) in [7, 11) is 0. The van der Waals surface area contributed by atoms with Crippen molar-refractivity contribution in [2.75, 3.05) is 31.5 Å². The largest absolute Gasteiger partial charge is 0.461 e. The highest BCUT2D eigenvalue weighted by Gasteiger charge is 2.50. The van der Waals surface area contributed by atoms with Crippen LogP contribution in [0.2, 0.25) is 0 Å². The molecule has 1 aliphatic heterocycles. The van der Waals surface area contributed by atoms with E-state index in [1.165, 1.54) is 4.90 Å². The topological polar surface area (TPSA) is 206 Å². The van der Waals surface area contributed by atoms with E-state index < -0.39 is 23.3 Å². The number of carbonyl (C=O) groups is 7. The molecule has 1 atom stereocenters. The van der Waals surface area contributed by atoms with E-state index in [0.717, 1.165) is 24.8 Å². The minimum absolute atomic E-state index is 0.0884. The van der Waals surface area contributed by atoms with Crippen LogP contribution in [0.25, 0.3) is 0 Å². The Labute approximate surface area is 282 Å². The summed E-state index contributed by atoms with van der Waals surface area (Å²) >= 11 is 0. The summed E-state index contributed by atoms with van der Waals surface area (Å²) in [5.74, 6) is -1.81. The fourth-order valence-electron chi connectivity index (χ4n) is 5.23. The van der Waals surface area contributed by atoms with Crippen molar-refractivity contribution in [3.8, 4) is 0 Å². The first-order valence-corrected chi connectivity index (χ1v) is 16.8. The first-order chi connectivity index (χ1) is 22.8. The molecular weight excluding hydrogens is 620 g/mol. The van der Waals surface area contributed by atoms with E-state index in [1.54, 1.807) is 31.2 Å². The van der Waals surface area contributed by atoms with Crippen molar-refractivity contribution in [2.24, 2.45) is 23.0 Å². The second kappa shape index (κ2) is 20.0. The van der Waals surface area contributed by atoms with Crippen LogP contribution in [0.4, 0.5) is 10.5 Å². The number of anilines is 1. The zero-order chi connectivity index (χ0) is 35.7. The number of amides is 7. The molecular formula is C34H52N6O8. The van der Waals surface area contributed by atoms with Crippen LogP contribution in [0, 0.1) is 17.3 Å². The Morgan fingerprint density at radius 1 is 0.938 bits per heavy atom. The average molecular weight is 673 g/mol. The molecule has 14 heteroatoms. The fourth-order valence-corrected chi connectivity index (χ4v) is 5.23. The number of hydrogen-bond donors (Lipinski definition) is 5. The molecule has 0 aromatic heterocycles. The number of imide groups is 1. The number of hydrogen-bond acceptors (Lipinski definition) is 8. The summed E-state index contributed by atoms with van der Waals surface area (Å²) in [6, 6.07) is 6.39. The first-order valence-electron chi connectivity index (χ1n) is 16.8. The molecule has 3 rings (SSSR count). The second-order valence-electron chi connectivity index (χ2n) is 12.4. The van der Waals surface area contributed by atoms with Crippen molar-refractivity contribution >= 4 is 47.2 Å². The van der Waals surface area contributed by atoms with Gasteiger partial charge in [-0.3, -0.25) is 33.7 Å². The van der Waals surface area contributed by atoms with Gasteiger partial charge in [-0.25, -0.2) is 4.79 Å². The van der Waals surface area contributed by atoms with Gasteiger partial charge in [-0.15, -0.1) is 0 Å². The number of esters is 1. The highest BCUT2D eigenvalue weighted by atomic mass is 16.5. The standard InChI is InChI=1S/C30H42N4O7.C4H10N2O/c1-4-26(37)41-19-21-9-11-22(12-10-21)33-24(35)18-32-29(40)30(13-8-14-30)28(39)31-15-6-5-7-16-34-25(36)17-23(20(2)3)27(34)38;1-2-3-6-4(5)7/h9-12,20,23H,4-8,13-19H2,1-3H3,(H,31,39)(H,32,40)(H,33,35);2-3H2,1H3,(H3,5,6,7). The van der Waals surface area contributed by atoms with Gasteiger partial charge >= 0.3 is 12.0 Å². The third kappa shape index (κ3) is 12.3. The van der Waals surface area contributed by atoms with Crippen LogP contribution in [0.1, 0.15) is 91.0 Å². The lowest BCUT2D eigenvalue weighted by Gasteiger charge is -2.38. The lowest BCUT2D eigenvalue weighted by Crippen LogP contribution is -2.56. The zero-order valence-corrected chi connectivity index (χ0v) is 28.7. The van der Waals surface area contributed by atoms with E-state index >= 15 is 0 Å². The number of nitrogens with zero attached hydrogens (tertiary/aromatic N) is 1. The van der Waals surface area contributed by atoms with Gasteiger partial charge < -0.3 is 31.7 Å². The number of primary amides is 1.